The Balaban J connectivity index is 1.45. The normalized spacial score (nSPS) is 17.3. The summed E-state index contributed by atoms with van der Waals surface area (Å²) in [5, 5.41) is 3.29. The van der Waals surface area contributed by atoms with Crippen molar-refractivity contribution in [2.45, 2.75) is 57.7 Å². The highest BCUT2D eigenvalue weighted by Gasteiger charge is 2.30. The molecule has 0 spiro atoms. The van der Waals surface area contributed by atoms with Gasteiger partial charge in [0, 0.05) is 22.3 Å². The van der Waals surface area contributed by atoms with Crippen LogP contribution in [0.15, 0.2) is 17.5 Å². The van der Waals surface area contributed by atoms with Crippen molar-refractivity contribution in [2.24, 2.45) is 0 Å². The number of rotatable bonds is 5. The highest BCUT2D eigenvalue weighted by molar-refractivity contribution is 7.19. The third kappa shape index (κ3) is 3.07. The molecular formula is C19H22N4S2. The number of anilines is 1. The van der Waals surface area contributed by atoms with E-state index in [1.54, 1.807) is 0 Å². The topological polar surface area (TPSA) is 55.0 Å². The smallest absolute Gasteiger partial charge is 0.146 e. The van der Waals surface area contributed by atoms with Gasteiger partial charge in [0.2, 0.25) is 0 Å². The van der Waals surface area contributed by atoms with Crippen LogP contribution in [0.5, 0.6) is 0 Å². The molecule has 4 nitrogen and oxygen atoms in total. The molecule has 0 unspecified atom stereocenters. The summed E-state index contributed by atoms with van der Waals surface area (Å²) in [6.07, 6.45) is 7.44. The number of aryl methyl sites for hydroxylation is 2. The molecule has 0 radical (unpaired) electrons. The van der Waals surface area contributed by atoms with Crippen LogP contribution in [-0.4, -0.2) is 20.9 Å². The lowest BCUT2D eigenvalue weighted by molar-refractivity contribution is 0.242. The van der Waals surface area contributed by atoms with Crippen LogP contribution < -0.4 is 5.73 Å². The summed E-state index contributed by atoms with van der Waals surface area (Å²) >= 11 is 3.66. The Morgan fingerprint density at radius 3 is 2.84 bits per heavy atom. The molecule has 2 N–H and O–H groups in total. The number of thiophene rings is 2. The molecule has 0 aromatic carbocycles. The van der Waals surface area contributed by atoms with E-state index in [1.165, 1.54) is 47.4 Å². The molecule has 3 aromatic heterocycles. The quantitative estimate of drug-likeness (QED) is 0.724. The van der Waals surface area contributed by atoms with Crippen molar-refractivity contribution < 1.29 is 0 Å². The molecule has 3 heterocycles. The van der Waals surface area contributed by atoms with Gasteiger partial charge in [-0.25, -0.2) is 9.97 Å². The maximum atomic E-state index is 6.37. The van der Waals surface area contributed by atoms with Crippen molar-refractivity contribution in [3.8, 4) is 0 Å². The van der Waals surface area contributed by atoms with E-state index in [9.17, 15) is 0 Å². The fourth-order valence-corrected chi connectivity index (χ4v) is 5.86. The second-order valence-corrected chi connectivity index (χ2v) is 9.25. The summed E-state index contributed by atoms with van der Waals surface area (Å²) in [4.78, 5) is 16.1. The average molecular weight is 371 g/mol. The van der Waals surface area contributed by atoms with Crippen LogP contribution in [-0.2, 0) is 25.9 Å². The van der Waals surface area contributed by atoms with Gasteiger partial charge in [0.05, 0.1) is 11.9 Å². The standard InChI is InChI=1S/C19H22N4S2/c20-18-17-14-5-1-2-6-15(14)25-19(17)22-16(21-18)11-23(12-7-8-12)10-13-4-3-9-24-13/h3-4,9,12H,1-2,5-8,10-11H2,(H2,20,21,22). The number of hydrogen-bond acceptors (Lipinski definition) is 6. The molecular weight excluding hydrogens is 348 g/mol. The van der Waals surface area contributed by atoms with Crippen LogP contribution in [0.3, 0.4) is 0 Å². The minimum Gasteiger partial charge on any atom is -0.383 e. The number of nitrogens with two attached hydrogens (primary N) is 1. The van der Waals surface area contributed by atoms with E-state index in [4.69, 9.17) is 15.7 Å². The van der Waals surface area contributed by atoms with Crippen molar-refractivity contribution in [3.63, 3.8) is 0 Å². The van der Waals surface area contributed by atoms with Crippen molar-refractivity contribution in [3.05, 3.63) is 38.7 Å². The summed E-state index contributed by atoms with van der Waals surface area (Å²) in [7, 11) is 0. The molecule has 1 fully saturated rings. The van der Waals surface area contributed by atoms with E-state index in [1.807, 2.05) is 22.7 Å². The molecule has 130 valence electrons. The molecule has 0 aliphatic heterocycles. The van der Waals surface area contributed by atoms with Gasteiger partial charge in [-0.3, -0.25) is 4.90 Å². The Hall–Kier alpha value is -1.50. The average Bonchev–Trinajstić information content (AvgIpc) is 3.19. The number of aromatic nitrogens is 2. The van der Waals surface area contributed by atoms with E-state index >= 15 is 0 Å². The molecule has 6 heteroatoms. The fourth-order valence-electron chi connectivity index (χ4n) is 3.84. The zero-order valence-corrected chi connectivity index (χ0v) is 15.8. The number of nitrogens with zero attached hydrogens (tertiary/aromatic N) is 3. The first kappa shape index (κ1) is 15.7. The molecule has 0 bridgehead atoms. The highest BCUT2D eigenvalue weighted by atomic mass is 32.1. The van der Waals surface area contributed by atoms with E-state index < -0.39 is 0 Å². The van der Waals surface area contributed by atoms with Crippen LogP contribution in [0, 0.1) is 0 Å². The molecule has 5 rings (SSSR count). The van der Waals surface area contributed by atoms with Gasteiger partial charge in [0.25, 0.3) is 0 Å². The first-order valence-electron chi connectivity index (χ1n) is 9.11. The zero-order chi connectivity index (χ0) is 16.8. The molecule has 0 saturated heterocycles. The van der Waals surface area contributed by atoms with Crippen LogP contribution in [0.25, 0.3) is 10.2 Å². The van der Waals surface area contributed by atoms with Crippen LogP contribution >= 0.6 is 22.7 Å². The molecule has 2 aliphatic rings. The van der Waals surface area contributed by atoms with Crippen LogP contribution in [0.4, 0.5) is 5.82 Å². The predicted octanol–water partition coefficient (Wildman–Crippen LogP) is 4.38. The van der Waals surface area contributed by atoms with Gasteiger partial charge in [-0.15, -0.1) is 22.7 Å². The second kappa shape index (κ2) is 6.34. The first-order valence-corrected chi connectivity index (χ1v) is 10.8. The van der Waals surface area contributed by atoms with Crippen molar-refractivity contribution >= 4 is 38.7 Å². The van der Waals surface area contributed by atoms with Gasteiger partial charge in [0.15, 0.2) is 0 Å². The van der Waals surface area contributed by atoms with Crippen LogP contribution in [0.1, 0.15) is 46.8 Å². The monoisotopic (exact) mass is 370 g/mol. The summed E-state index contributed by atoms with van der Waals surface area (Å²) in [5.41, 5.74) is 7.79. The Morgan fingerprint density at radius 1 is 1.16 bits per heavy atom. The van der Waals surface area contributed by atoms with Gasteiger partial charge in [-0.05, 0) is 55.5 Å². The predicted molar refractivity (Wildman–Crippen MR) is 105 cm³/mol. The minimum atomic E-state index is 0.680. The van der Waals surface area contributed by atoms with E-state index in [0.717, 1.165) is 35.6 Å². The lowest BCUT2D eigenvalue weighted by Crippen LogP contribution is -2.25. The largest absolute Gasteiger partial charge is 0.383 e. The van der Waals surface area contributed by atoms with E-state index in [2.05, 4.69) is 22.4 Å². The lowest BCUT2D eigenvalue weighted by Gasteiger charge is -2.20. The highest BCUT2D eigenvalue weighted by Crippen LogP contribution is 2.38. The molecule has 3 aromatic rings. The third-order valence-corrected chi connectivity index (χ3v) is 7.28. The first-order chi connectivity index (χ1) is 12.3. The maximum absolute atomic E-state index is 6.37. The number of hydrogen-bond donors (Lipinski definition) is 1. The van der Waals surface area contributed by atoms with Gasteiger partial charge in [-0.1, -0.05) is 6.07 Å². The summed E-state index contributed by atoms with van der Waals surface area (Å²) < 4.78 is 0. The maximum Gasteiger partial charge on any atom is 0.146 e. The summed E-state index contributed by atoms with van der Waals surface area (Å²) in [5.74, 6) is 1.57. The van der Waals surface area contributed by atoms with Gasteiger partial charge < -0.3 is 5.73 Å². The van der Waals surface area contributed by atoms with Crippen molar-refractivity contribution in [1.82, 2.24) is 14.9 Å². The molecule has 1 saturated carbocycles. The van der Waals surface area contributed by atoms with E-state index in [-0.39, 0.29) is 0 Å². The Morgan fingerprint density at radius 2 is 2.04 bits per heavy atom. The van der Waals surface area contributed by atoms with E-state index in [0.29, 0.717) is 11.9 Å². The van der Waals surface area contributed by atoms with Crippen molar-refractivity contribution in [1.29, 1.82) is 0 Å². The summed E-state index contributed by atoms with van der Waals surface area (Å²) in [6, 6.07) is 5.02. The Bertz CT molecular complexity index is 896. The van der Waals surface area contributed by atoms with Gasteiger partial charge in [0.1, 0.15) is 16.5 Å². The SMILES string of the molecule is Nc1nc(CN(Cc2cccs2)C2CC2)nc2sc3c(c12)CCCC3. The Labute approximate surface area is 155 Å². The number of fused-ring (bicyclic) bond motifs is 3. The summed E-state index contributed by atoms with van der Waals surface area (Å²) in [6.45, 7) is 1.79. The molecule has 0 amide bonds. The number of nitrogen functional groups attached to an aromatic ring is 1. The fraction of sp³-hybridized carbons (Fsp3) is 0.474. The van der Waals surface area contributed by atoms with Crippen LogP contribution in [0.2, 0.25) is 0 Å². The van der Waals surface area contributed by atoms with Gasteiger partial charge >= 0.3 is 0 Å². The molecule has 0 atom stereocenters. The zero-order valence-electron chi connectivity index (χ0n) is 14.2. The molecule has 25 heavy (non-hydrogen) atoms. The lowest BCUT2D eigenvalue weighted by atomic mass is 9.97. The van der Waals surface area contributed by atoms with Gasteiger partial charge in [-0.2, -0.15) is 0 Å². The van der Waals surface area contributed by atoms with Crippen molar-refractivity contribution in [2.75, 3.05) is 5.73 Å². The second-order valence-electron chi connectivity index (χ2n) is 7.13. The molecule has 2 aliphatic carbocycles. The third-order valence-electron chi connectivity index (χ3n) is 5.24. The minimum absolute atomic E-state index is 0.680. The Kier molecular flexibility index (Phi) is 3.99.